The molecule has 17 heavy (non-hydrogen) atoms. The molecule has 1 aromatic rings. The quantitative estimate of drug-likeness (QED) is 0.462. The van der Waals surface area contributed by atoms with Crippen LogP contribution in [0.2, 0.25) is 0 Å². The lowest BCUT2D eigenvalue weighted by atomic mass is 10.0. The van der Waals surface area contributed by atoms with E-state index in [9.17, 15) is 4.79 Å². The van der Waals surface area contributed by atoms with Crippen molar-refractivity contribution in [2.75, 3.05) is 0 Å². The molecule has 0 aliphatic rings. The summed E-state index contributed by atoms with van der Waals surface area (Å²) in [5.41, 5.74) is 5.34. The lowest BCUT2D eigenvalue weighted by molar-refractivity contribution is 0.108. The van der Waals surface area contributed by atoms with Gasteiger partial charge in [-0.3, -0.25) is 16.1 Å². The van der Waals surface area contributed by atoms with Crippen molar-refractivity contribution in [1.82, 2.24) is 5.43 Å². The first kappa shape index (κ1) is 16.1. The molecule has 0 unspecified atom stereocenters. The molecule has 0 aliphatic carbocycles. The highest BCUT2D eigenvalue weighted by Gasteiger charge is 2.05. The molecule has 0 aromatic heterocycles. The Kier molecular flexibility index (Phi) is 6.39. The fourth-order valence-corrected chi connectivity index (χ4v) is 1.17. The zero-order valence-corrected chi connectivity index (χ0v) is 11.9. The normalized spacial score (nSPS) is 10.5. The number of aryl methyl sites for hydroxylation is 1. The molecule has 1 aromatic carbocycles. The van der Waals surface area contributed by atoms with Crippen molar-refractivity contribution in [1.29, 1.82) is 0 Å². The fraction of sp³-hybridized carbons (Fsp3) is 0.462. The fourth-order valence-electron chi connectivity index (χ4n) is 0.964. The van der Waals surface area contributed by atoms with Crippen LogP contribution in [0.4, 0.5) is 0 Å². The number of hydrogen-bond acceptors (Lipinski definition) is 3. The highest BCUT2D eigenvalue weighted by Crippen LogP contribution is 2.14. The summed E-state index contributed by atoms with van der Waals surface area (Å²) in [4.78, 5) is 10.8. The summed E-state index contributed by atoms with van der Waals surface area (Å²) in [6.45, 7) is 9.87. The summed E-state index contributed by atoms with van der Waals surface area (Å²) in [6.07, 6.45) is 0. The van der Waals surface area contributed by atoms with Gasteiger partial charge in [0.15, 0.2) is 0 Å². The molecule has 0 amide bonds. The Bertz CT molecular complexity index is 383. The lowest BCUT2D eigenvalue weighted by Gasteiger charge is -2.14. The molecule has 0 heterocycles. The van der Waals surface area contributed by atoms with Gasteiger partial charge in [-0.25, -0.2) is 0 Å². The topological polar surface area (TPSA) is 55.1 Å². The molecule has 0 saturated heterocycles. The summed E-state index contributed by atoms with van der Waals surface area (Å²) in [5.74, 6) is 5.06. The van der Waals surface area contributed by atoms with Crippen molar-refractivity contribution in [3.05, 3.63) is 34.9 Å². The van der Waals surface area contributed by atoms with E-state index < -0.39 is 0 Å². The first-order valence-corrected chi connectivity index (χ1v) is 5.80. The van der Waals surface area contributed by atoms with E-state index in [2.05, 4.69) is 5.43 Å². The molecule has 0 aliphatic heterocycles. The average Bonchev–Trinajstić information content (AvgIpc) is 2.21. The molecule has 0 spiro atoms. The van der Waals surface area contributed by atoms with Crippen LogP contribution in [0.25, 0.3) is 0 Å². The van der Waals surface area contributed by atoms with E-state index in [0.717, 1.165) is 11.1 Å². The minimum absolute atomic E-state index is 0.0694. The molecule has 96 valence electrons. The number of nitrogens with one attached hydrogen (secondary N) is 1. The maximum Gasteiger partial charge on any atom is 0.252 e. The van der Waals surface area contributed by atoms with E-state index in [1.54, 1.807) is 6.07 Å². The maximum absolute atomic E-state index is 10.8. The van der Waals surface area contributed by atoms with Gasteiger partial charge in [0.2, 0.25) is 0 Å². The second kappa shape index (κ2) is 6.74. The molecular formula is C13H21ClN2O. The maximum atomic E-state index is 10.8. The summed E-state index contributed by atoms with van der Waals surface area (Å²) >= 11 is 5.34. The summed E-state index contributed by atoms with van der Waals surface area (Å²) in [5, 5.41) is -0.383. The van der Waals surface area contributed by atoms with Crippen molar-refractivity contribution >= 4 is 16.8 Å². The predicted molar refractivity (Wildman–Crippen MR) is 73.2 cm³/mol. The first-order chi connectivity index (χ1) is 7.69. The van der Waals surface area contributed by atoms with Crippen molar-refractivity contribution in [3.63, 3.8) is 0 Å². The minimum Gasteiger partial charge on any atom is -0.276 e. The molecule has 1 rings (SSSR count). The monoisotopic (exact) mass is 256 g/mol. The third-order valence-corrected chi connectivity index (χ3v) is 2.45. The molecule has 0 atom stereocenters. The first-order valence-electron chi connectivity index (χ1n) is 5.43. The smallest absolute Gasteiger partial charge is 0.252 e. The van der Waals surface area contributed by atoms with Gasteiger partial charge >= 0.3 is 0 Å². The van der Waals surface area contributed by atoms with Crippen molar-refractivity contribution in [3.8, 4) is 0 Å². The van der Waals surface area contributed by atoms with Crippen LogP contribution in [0.3, 0.4) is 0 Å². The number of benzene rings is 1. The van der Waals surface area contributed by atoms with Gasteiger partial charge in [-0.15, -0.1) is 0 Å². The van der Waals surface area contributed by atoms with Gasteiger partial charge in [0.1, 0.15) is 0 Å². The van der Waals surface area contributed by atoms with E-state index >= 15 is 0 Å². The third-order valence-electron chi connectivity index (χ3n) is 2.25. The zero-order chi connectivity index (χ0) is 13.6. The standard InChI is InChI=1S/C9H9ClO.C4H12N2/c1-6-4-3-5-8(7(6)2)9(10)11;1-4(2,3)6-5/h3-5H,1-2H3;6H,5H2,1-3H3. The number of halogens is 1. The van der Waals surface area contributed by atoms with Gasteiger partial charge in [0.05, 0.1) is 0 Å². The van der Waals surface area contributed by atoms with Gasteiger partial charge in [0, 0.05) is 11.1 Å². The van der Waals surface area contributed by atoms with E-state index in [1.807, 2.05) is 46.8 Å². The van der Waals surface area contributed by atoms with E-state index in [1.165, 1.54) is 0 Å². The van der Waals surface area contributed by atoms with Gasteiger partial charge in [-0.1, -0.05) is 12.1 Å². The van der Waals surface area contributed by atoms with Crippen molar-refractivity contribution in [2.45, 2.75) is 40.2 Å². The summed E-state index contributed by atoms with van der Waals surface area (Å²) in [6, 6.07) is 5.52. The highest BCUT2D eigenvalue weighted by molar-refractivity contribution is 6.67. The van der Waals surface area contributed by atoms with Crippen LogP contribution >= 0.6 is 11.6 Å². The molecule has 0 saturated carbocycles. The SMILES string of the molecule is CC(C)(C)NN.Cc1cccc(C(=O)Cl)c1C. The van der Waals surface area contributed by atoms with Crippen LogP contribution in [0.15, 0.2) is 18.2 Å². The van der Waals surface area contributed by atoms with Crippen molar-refractivity contribution < 1.29 is 4.79 Å². The predicted octanol–water partition coefficient (Wildman–Crippen LogP) is 2.93. The number of nitrogens with two attached hydrogens (primary N) is 1. The van der Waals surface area contributed by atoms with Crippen molar-refractivity contribution in [2.24, 2.45) is 5.84 Å². The summed E-state index contributed by atoms with van der Waals surface area (Å²) in [7, 11) is 0. The number of hydrazine groups is 1. The Morgan fingerprint density at radius 3 is 2.06 bits per heavy atom. The lowest BCUT2D eigenvalue weighted by Crippen LogP contribution is -2.41. The molecule has 4 heteroatoms. The molecular weight excluding hydrogens is 236 g/mol. The number of carbonyl (C=O) groups is 1. The Balaban J connectivity index is 0.000000366. The Morgan fingerprint density at radius 2 is 1.76 bits per heavy atom. The van der Waals surface area contributed by atoms with Crippen LogP contribution in [-0.2, 0) is 0 Å². The van der Waals surface area contributed by atoms with Crippen LogP contribution in [0, 0.1) is 13.8 Å². The van der Waals surface area contributed by atoms with Crippen LogP contribution in [0.5, 0.6) is 0 Å². The second-order valence-electron chi connectivity index (χ2n) is 4.92. The van der Waals surface area contributed by atoms with Gasteiger partial charge in [-0.2, -0.15) is 0 Å². The second-order valence-corrected chi connectivity index (χ2v) is 5.26. The highest BCUT2D eigenvalue weighted by atomic mass is 35.5. The molecule has 0 fully saturated rings. The molecule has 0 bridgehead atoms. The van der Waals surface area contributed by atoms with Crippen LogP contribution < -0.4 is 11.3 Å². The van der Waals surface area contributed by atoms with Crippen LogP contribution in [0.1, 0.15) is 42.3 Å². The zero-order valence-electron chi connectivity index (χ0n) is 11.1. The Morgan fingerprint density at radius 1 is 1.29 bits per heavy atom. The van der Waals surface area contributed by atoms with Gasteiger partial charge < -0.3 is 0 Å². The minimum atomic E-state index is -0.383. The Labute approximate surface area is 108 Å². The molecule has 3 nitrogen and oxygen atoms in total. The number of carbonyl (C=O) groups excluding carboxylic acids is 1. The Hall–Kier alpha value is -0.900. The van der Waals surface area contributed by atoms with E-state index in [4.69, 9.17) is 17.4 Å². The largest absolute Gasteiger partial charge is 0.276 e. The van der Waals surface area contributed by atoms with Gasteiger partial charge in [0.25, 0.3) is 5.24 Å². The van der Waals surface area contributed by atoms with E-state index in [-0.39, 0.29) is 10.8 Å². The average molecular weight is 257 g/mol. The number of rotatable bonds is 1. The third kappa shape index (κ3) is 6.41. The molecule has 0 radical (unpaired) electrons. The summed E-state index contributed by atoms with van der Waals surface area (Å²) < 4.78 is 0. The number of hydrogen-bond donors (Lipinski definition) is 2. The van der Waals surface area contributed by atoms with E-state index in [0.29, 0.717) is 5.56 Å². The van der Waals surface area contributed by atoms with Gasteiger partial charge in [-0.05, 0) is 63.4 Å². The van der Waals surface area contributed by atoms with Crippen LogP contribution in [-0.4, -0.2) is 10.8 Å². The molecule has 3 N–H and O–H groups in total.